The Kier molecular flexibility index (Phi) is 4.05. The average Bonchev–Trinajstić information content (AvgIpc) is 3.47. The molecule has 2 aromatic carbocycles. The topological polar surface area (TPSA) is 78.9 Å². The van der Waals surface area contributed by atoms with Gasteiger partial charge in [0.1, 0.15) is 11.3 Å². The minimum Gasteiger partial charge on any atom is -0.497 e. The number of carbonyl (C=O) groups excluding carboxylic acids is 3. The van der Waals surface area contributed by atoms with Crippen molar-refractivity contribution >= 4 is 40.7 Å². The van der Waals surface area contributed by atoms with Crippen molar-refractivity contribution in [2.45, 2.75) is 31.3 Å². The molecular formula is C24H22ClN3O4. The number of fused-ring (bicyclic) bond motifs is 7. The van der Waals surface area contributed by atoms with Gasteiger partial charge in [0.25, 0.3) is 5.91 Å². The van der Waals surface area contributed by atoms with Gasteiger partial charge in [-0.2, -0.15) is 0 Å². The van der Waals surface area contributed by atoms with Crippen molar-refractivity contribution in [2.24, 2.45) is 11.8 Å². The molecule has 32 heavy (non-hydrogen) atoms. The van der Waals surface area contributed by atoms with Crippen LogP contribution in [-0.2, 0) is 19.9 Å². The number of methoxy groups -OCH3 is 1. The lowest BCUT2D eigenvalue weighted by Crippen LogP contribution is -2.54. The van der Waals surface area contributed by atoms with Crippen molar-refractivity contribution in [2.75, 3.05) is 23.9 Å². The number of aryl methyl sites for hydroxylation is 1. The van der Waals surface area contributed by atoms with Crippen LogP contribution >= 0.6 is 11.6 Å². The second kappa shape index (κ2) is 6.56. The molecule has 4 atom stereocenters. The Hall–Kier alpha value is -2.90. The molecule has 0 aromatic heterocycles. The fourth-order valence-electron chi connectivity index (χ4n) is 6.38. The highest BCUT2D eigenvalue weighted by molar-refractivity contribution is 6.35. The summed E-state index contributed by atoms with van der Waals surface area (Å²) >= 11 is 6.50. The first-order valence-corrected chi connectivity index (χ1v) is 11.2. The summed E-state index contributed by atoms with van der Waals surface area (Å²) in [4.78, 5) is 44.6. The Balaban J connectivity index is 1.54. The number of rotatable bonds is 2. The van der Waals surface area contributed by atoms with Gasteiger partial charge in [-0.3, -0.25) is 19.3 Å². The van der Waals surface area contributed by atoms with Crippen LogP contribution in [0.1, 0.15) is 24.0 Å². The fourth-order valence-corrected chi connectivity index (χ4v) is 6.70. The van der Waals surface area contributed by atoms with Crippen LogP contribution in [-0.4, -0.2) is 42.3 Å². The van der Waals surface area contributed by atoms with Crippen molar-refractivity contribution in [1.82, 2.24) is 4.90 Å². The van der Waals surface area contributed by atoms with Crippen LogP contribution < -0.4 is 15.0 Å². The third kappa shape index (κ3) is 2.22. The molecule has 0 aliphatic carbocycles. The Morgan fingerprint density at radius 2 is 1.88 bits per heavy atom. The van der Waals surface area contributed by atoms with E-state index in [9.17, 15) is 14.4 Å². The van der Waals surface area contributed by atoms with E-state index in [4.69, 9.17) is 16.3 Å². The second-order valence-electron chi connectivity index (χ2n) is 9.01. The van der Waals surface area contributed by atoms with Crippen molar-refractivity contribution < 1.29 is 19.1 Å². The number of amides is 3. The Morgan fingerprint density at radius 1 is 1.12 bits per heavy atom. The van der Waals surface area contributed by atoms with Crippen LogP contribution in [0.4, 0.5) is 11.4 Å². The first kappa shape index (κ1) is 19.8. The summed E-state index contributed by atoms with van der Waals surface area (Å²) in [7, 11) is 1.56. The number of anilines is 2. The van der Waals surface area contributed by atoms with Crippen LogP contribution in [0.25, 0.3) is 0 Å². The zero-order valence-electron chi connectivity index (χ0n) is 17.7. The molecule has 1 spiro atoms. The molecule has 0 radical (unpaired) electrons. The van der Waals surface area contributed by atoms with Crippen LogP contribution in [0.5, 0.6) is 5.75 Å². The number of hydrogen-bond acceptors (Lipinski definition) is 5. The van der Waals surface area contributed by atoms with Gasteiger partial charge in [0.15, 0.2) is 0 Å². The van der Waals surface area contributed by atoms with Gasteiger partial charge in [-0.05, 0) is 62.2 Å². The first-order valence-electron chi connectivity index (χ1n) is 10.8. The molecule has 4 aliphatic heterocycles. The van der Waals surface area contributed by atoms with Gasteiger partial charge in [-0.25, -0.2) is 4.90 Å². The molecule has 4 heterocycles. The number of halogens is 1. The largest absolute Gasteiger partial charge is 0.497 e. The SMILES string of the molecule is COc1ccc(N2C(=O)[C@H]3[C@@H](C2=O)[C@]2(C(=O)Nc4c(Cl)cc(C)cc42)N2CCC[C@@H]32)cc1. The third-order valence-corrected chi connectivity index (χ3v) is 7.83. The van der Waals surface area contributed by atoms with Crippen molar-refractivity contribution in [3.63, 3.8) is 0 Å². The molecule has 8 heteroatoms. The standard InChI is InChI=1S/C24H22ClN3O4/c1-12-10-15-20(16(25)11-12)26-23(31)24(15)19-18(17-4-3-9-27(17)24)21(29)28(22(19)30)13-5-7-14(32-2)8-6-13/h5-8,10-11,17-19H,3-4,9H2,1-2H3,(H,26,31)/t17-,18+,19-,24+/m0/s1. The summed E-state index contributed by atoms with van der Waals surface area (Å²) in [6, 6.07) is 10.4. The van der Waals surface area contributed by atoms with E-state index in [2.05, 4.69) is 10.2 Å². The lowest BCUT2D eigenvalue weighted by atomic mass is 9.75. The Bertz CT molecular complexity index is 1200. The van der Waals surface area contributed by atoms with E-state index in [-0.39, 0.29) is 23.8 Å². The van der Waals surface area contributed by atoms with E-state index in [1.54, 1.807) is 37.4 Å². The molecule has 0 bridgehead atoms. The highest BCUT2D eigenvalue weighted by Gasteiger charge is 2.74. The van der Waals surface area contributed by atoms with Crippen LogP contribution in [0, 0.1) is 18.8 Å². The number of carbonyl (C=O) groups is 3. The van der Waals surface area contributed by atoms with Crippen LogP contribution in [0.2, 0.25) is 5.02 Å². The van der Waals surface area contributed by atoms with E-state index < -0.39 is 17.4 Å². The summed E-state index contributed by atoms with van der Waals surface area (Å²) in [6.45, 7) is 2.58. The maximum absolute atomic E-state index is 13.9. The molecule has 3 amide bonds. The van der Waals surface area contributed by atoms with E-state index >= 15 is 0 Å². The second-order valence-corrected chi connectivity index (χ2v) is 9.41. The summed E-state index contributed by atoms with van der Waals surface area (Å²) in [6.07, 6.45) is 1.66. The zero-order chi connectivity index (χ0) is 22.4. The van der Waals surface area contributed by atoms with Gasteiger partial charge in [-0.1, -0.05) is 17.7 Å². The number of nitrogens with zero attached hydrogens (tertiary/aromatic N) is 2. The quantitative estimate of drug-likeness (QED) is 0.710. The van der Waals surface area contributed by atoms with Crippen LogP contribution in [0.3, 0.4) is 0 Å². The summed E-state index contributed by atoms with van der Waals surface area (Å²) in [5.74, 6) is -1.55. The highest BCUT2D eigenvalue weighted by Crippen LogP contribution is 2.61. The molecule has 1 N–H and O–H groups in total. The number of imide groups is 1. The van der Waals surface area contributed by atoms with Gasteiger partial charge in [0.05, 0.1) is 35.3 Å². The normalized spacial score (nSPS) is 30.7. The first-order chi connectivity index (χ1) is 15.4. The third-order valence-electron chi connectivity index (χ3n) is 7.53. The highest BCUT2D eigenvalue weighted by atomic mass is 35.5. The van der Waals surface area contributed by atoms with Crippen molar-refractivity contribution in [1.29, 1.82) is 0 Å². The Morgan fingerprint density at radius 3 is 2.59 bits per heavy atom. The molecule has 2 aromatic rings. The van der Waals surface area contributed by atoms with Crippen molar-refractivity contribution in [3.05, 3.63) is 52.5 Å². The molecule has 6 rings (SSSR count). The maximum Gasteiger partial charge on any atom is 0.250 e. The van der Waals surface area contributed by atoms with Crippen molar-refractivity contribution in [3.8, 4) is 5.75 Å². The lowest BCUT2D eigenvalue weighted by molar-refractivity contribution is -0.135. The molecule has 0 saturated carbocycles. The predicted molar refractivity (Wildman–Crippen MR) is 119 cm³/mol. The van der Waals surface area contributed by atoms with Crippen LogP contribution in [0.15, 0.2) is 36.4 Å². The monoisotopic (exact) mass is 451 g/mol. The molecule has 3 fully saturated rings. The number of nitrogens with one attached hydrogen (secondary N) is 1. The molecule has 7 nitrogen and oxygen atoms in total. The van der Waals surface area contributed by atoms with Gasteiger partial charge >= 0.3 is 0 Å². The average molecular weight is 452 g/mol. The number of hydrogen-bond donors (Lipinski definition) is 1. The van der Waals surface area contributed by atoms with E-state index in [0.29, 0.717) is 34.3 Å². The Labute approximate surface area is 190 Å². The summed E-state index contributed by atoms with van der Waals surface area (Å²) in [5.41, 5.74) is 1.45. The molecular weight excluding hydrogens is 430 g/mol. The smallest absolute Gasteiger partial charge is 0.250 e. The maximum atomic E-state index is 13.9. The lowest BCUT2D eigenvalue weighted by Gasteiger charge is -2.36. The minimum absolute atomic E-state index is 0.157. The number of benzene rings is 2. The van der Waals surface area contributed by atoms with E-state index in [0.717, 1.165) is 18.4 Å². The zero-order valence-corrected chi connectivity index (χ0v) is 18.5. The van der Waals surface area contributed by atoms with Gasteiger partial charge in [0, 0.05) is 11.6 Å². The summed E-state index contributed by atoms with van der Waals surface area (Å²) < 4.78 is 5.21. The van der Waals surface area contributed by atoms with E-state index in [1.807, 2.05) is 13.0 Å². The van der Waals surface area contributed by atoms with Gasteiger partial charge < -0.3 is 10.1 Å². The molecule has 0 unspecified atom stereocenters. The van der Waals surface area contributed by atoms with E-state index in [1.165, 1.54) is 4.90 Å². The minimum atomic E-state index is -1.22. The van der Waals surface area contributed by atoms with Gasteiger partial charge in [-0.15, -0.1) is 0 Å². The number of ether oxygens (including phenoxy) is 1. The predicted octanol–water partition coefficient (Wildman–Crippen LogP) is 3.09. The van der Waals surface area contributed by atoms with Gasteiger partial charge in [0.2, 0.25) is 11.8 Å². The molecule has 164 valence electrons. The fraction of sp³-hybridized carbons (Fsp3) is 0.375. The molecule has 3 saturated heterocycles. The summed E-state index contributed by atoms with van der Waals surface area (Å²) in [5, 5.41) is 3.40. The molecule has 4 aliphatic rings.